The van der Waals surface area contributed by atoms with Crippen LogP contribution in [0.25, 0.3) is 0 Å². The molecule has 49 heavy (non-hydrogen) atoms. The Morgan fingerprint density at radius 2 is 1.12 bits per heavy atom. The van der Waals surface area contributed by atoms with E-state index in [1.54, 1.807) is 45.0 Å². The Morgan fingerprint density at radius 1 is 0.673 bits per heavy atom. The lowest BCUT2D eigenvalue weighted by Crippen LogP contribution is -2.38. The SMILES string of the molecule is CC(C)(C)OC(=O)N1CCN(c2ccc([N+](=O)[O-])cc2)CCO1.O=C(OCc1ccccc1)N1CCN(c2ccc([N+](=O)[O-])cc2)CCO1. The van der Waals surface area contributed by atoms with E-state index in [0.717, 1.165) is 16.9 Å². The zero-order valence-corrected chi connectivity index (χ0v) is 27.6. The van der Waals surface area contributed by atoms with Crippen LogP contribution in [0.15, 0.2) is 78.9 Å². The molecule has 3 aromatic carbocycles. The molecule has 0 N–H and O–H groups in total. The van der Waals surface area contributed by atoms with Crippen molar-refractivity contribution in [3.05, 3.63) is 105 Å². The molecule has 16 nitrogen and oxygen atoms in total. The highest BCUT2D eigenvalue weighted by molar-refractivity contribution is 5.67. The van der Waals surface area contributed by atoms with Gasteiger partial charge in [0, 0.05) is 61.8 Å². The van der Waals surface area contributed by atoms with Gasteiger partial charge < -0.3 is 19.3 Å². The Morgan fingerprint density at radius 3 is 1.55 bits per heavy atom. The first-order valence-corrected chi connectivity index (χ1v) is 15.6. The zero-order valence-electron chi connectivity index (χ0n) is 27.6. The number of benzene rings is 3. The van der Waals surface area contributed by atoms with Gasteiger partial charge in [0.2, 0.25) is 0 Å². The molecule has 2 aliphatic rings. The standard InChI is InChI=1S/C18H19N3O5.C15H21N3O5/c22-18(25-14-15-4-2-1-3-5-15)20-11-10-19(12-13-26-20)16-6-8-17(9-7-16)21(23)24;1-15(2,3)23-14(19)17-9-8-16(10-11-22-17)12-4-6-13(7-5-12)18(20)21/h1-9H,10-14H2;4-7H,8-11H2,1-3H3. The van der Waals surface area contributed by atoms with Crippen molar-refractivity contribution in [1.82, 2.24) is 10.1 Å². The third-order valence-electron chi connectivity index (χ3n) is 7.22. The van der Waals surface area contributed by atoms with Crippen LogP contribution >= 0.6 is 0 Å². The van der Waals surface area contributed by atoms with Crippen LogP contribution < -0.4 is 9.80 Å². The van der Waals surface area contributed by atoms with Crippen molar-refractivity contribution in [3.8, 4) is 0 Å². The maximum Gasteiger partial charge on any atom is 0.434 e. The van der Waals surface area contributed by atoms with Gasteiger partial charge in [0.15, 0.2) is 0 Å². The molecule has 0 bridgehead atoms. The number of nitro benzene ring substituents is 2. The molecule has 5 rings (SSSR count). The highest BCUT2D eigenvalue weighted by atomic mass is 16.7. The molecule has 2 fully saturated rings. The van der Waals surface area contributed by atoms with Crippen molar-refractivity contribution in [2.45, 2.75) is 33.0 Å². The van der Waals surface area contributed by atoms with E-state index < -0.39 is 27.6 Å². The molecule has 0 atom stereocenters. The number of amides is 2. The van der Waals surface area contributed by atoms with Gasteiger partial charge in [-0.25, -0.2) is 9.59 Å². The number of nitrogens with zero attached hydrogens (tertiary/aromatic N) is 6. The van der Waals surface area contributed by atoms with Gasteiger partial charge in [-0.15, -0.1) is 0 Å². The summed E-state index contributed by atoms with van der Waals surface area (Å²) in [7, 11) is 0. The normalized spacial score (nSPS) is 15.2. The minimum absolute atomic E-state index is 0.0472. The highest BCUT2D eigenvalue weighted by Gasteiger charge is 2.26. The van der Waals surface area contributed by atoms with E-state index in [0.29, 0.717) is 52.5 Å². The molecule has 0 aliphatic carbocycles. The smallest absolute Gasteiger partial charge is 0.434 e. The lowest BCUT2D eigenvalue weighted by molar-refractivity contribution is -0.385. The Balaban J connectivity index is 0.000000223. The van der Waals surface area contributed by atoms with Crippen molar-refractivity contribution in [3.63, 3.8) is 0 Å². The van der Waals surface area contributed by atoms with Gasteiger partial charge in [-0.1, -0.05) is 30.3 Å². The molecule has 2 amide bonds. The highest BCUT2D eigenvalue weighted by Crippen LogP contribution is 2.22. The number of hydroxylamine groups is 4. The predicted molar refractivity (Wildman–Crippen MR) is 179 cm³/mol. The van der Waals surface area contributed by atoms with Crippen LogP contribution in [0.2, 0.25) is 0 Å². The molecule has 2 heterocycles. The second-order valence-electron chi connectivity index (χ2n) is 11.9. The van der Waals surface area contributed by atoms with E-state index in [9.17, 15) is 29.8 Å². The van der Waals surface area contributed by atoms with Crippen LogP contribution in [0.1, 0.15) is 26.3 Å². The Hall–Kier alpha value is -5.48. The van der Waals surface area contributed by atoms with Crippen LogP contribution in [0, 0.1) is 20.2 Å². The fourth-order valence-electron chi connectivity index (χ4n) is 4.78. The number of rotatable bonds is 6. The van der Waals surface area contributed by atoms with Gasteiger partial charge in [0.1, 0.15) is 12.2 Å². The zero-order chi connectivity index (χ0) is 35.4. The number of carbonyl (C=O) groups is 2. The van der Waals surface area contributed by atoms with Crippen molar-refractivity contribution < 1.29 is 38.6 Å². The minimum atomic E-state index is -0.579. The maximum atomic E-state index is 12.2. The first-order chi connectivity index (χ1) is 23.4. The second-order valence-corrected chi connectivity index (χ2v) is 11.9. The first kappa shape index (κ1) is 36.4. The van der Waals surface area contributed by atoms with Crippen LogP contribution in [0.4, 0.5) is 32.3 Å². The summed E-state index contributed by atoms with van der Waals surface area (Å²) in [5, 5.41) is 23.9. The molecule has 0 unspecified atom stereocenters. The summed E-state index contributed by atoms with van der Waals surface area (Å²) in [5.74, 6) is 0. The third-order valence-corrected chi connectivity index (χ3v) is 7.22. The molecule has 2 aliphatic heterocycles. The molecule has 0 spiro atoms. The average molecular weight is 681 g/mol. The molecule has 0 radical (unpaired) electrons. The summed E-state index contributed by atoms with van der Waals surface area (Å²) >= 11 is 0. The van der Waals surface area contributed by atoms with Crippen LogP contribution in [-0.4, -0.2) is 90.2 Å². The number of nitro groups is 2. The fourth-order valence-corrected chi connectivity index (χ4v) is 4.78. The largest absolute Gasteiger partial charge is 0.443 e. The van der Waals surface area contributed by atoms with E-state index >= 15 is 0 Å². The molecule has 0 aromatic heterocycles. The molecule has 16 heteroatoms. The van der Waals surface area contributed by atoms with Crippen LogP contribution in [0.5, 0.6) is 0 Å². The molecule has 262 valence electrons. The Labute approximate surface area is 283 Å². The molecule has 3 aromatic rings. The molecule has 0 saturated carbocycles. The van der Waals surface area contributed by atoms with Gasteiger partial charge in [-0.05, 0) is 50.6 Å². The summed E-state index contributed by atoms with van der Waals surface area (Å²) in [5.41, 5.74) is 2.12. The third kappa shape index (κ3) is 11.3. The summed E-state index contributed by atoms with van der Waals surface area (Å²) in [6.07, 6.45) is -1.04. The number of carbonyl (C=O) groups excluding carboxylic acids is 2. The van der Waals surface area contributed by atoms with Gasteiger partial charge in [-0.2, -0.15) is 10.1 Å². The van der Waals surface area contributed by atoms with Gasteiger partial charge in [-0.3, -0.25) is 29.9 Å². The predicted octanol–water partition coefficient (Wildman–Crippen LogP) is 5.57. The van der Waals surface area contributed by atoms with Crippen molar-refractivity contribution >= 4 is 34.9 Å². The lowest BCUT2D eigenvalue weighted by atomic mass is 10.2. The lowest BCUT2D eigenvalue weighted by Gasteiger charge is -2.25. The monoisotopic (exact) mass is 680 g/mol. The average Bonchev–Trinajstić information content (AvgIpc) is 3.49. The quantitative estimate of drug-likeness (QED) is 0.235. The van der Waals surface area contributed by atoms with Gasteiger partial charge in [0.25, 0.3) is 11.4 Å². The van der Waals surface area contributed by atoms with Crippen molar-refractivity contribution in [2.24, 2.45) is 0 Å². The molecular weight excluding hydrogens is 640 g/mol. The topological polar surface area (TPSA) is 170 Å². The van der Waals surface area contributed by atoms with E-state index in [-0.39, 0.29) is 18.0 Å². The van der Waals surface area contributed by atoms with Crippen molar-refractivity contribution in [2.75, 3.05) is 62.3 Å². The number of non-ortho nitro benzene ring substituents is 2. The van der Waals surface area contributed by atoms with E-state index in [4.69, 9.17) is 19.1 Å². The van der Waals surface area contributed by atoms with Crippen LogP contribution in [-0.2, 0) is 25.8 Å². The van der Waals surface area contributed by atoms with Crippen LogP contribution in [0.3, 0.4) is 0 Å². The Bertz CT molecular complexity index is 1550. The second kappa shape index (κ2) is 17.1. The number of hydrogen-bond acceptors (Lipinski definition) is 12. The van der Waals surface area contributed by atoms with E-state index in [1.807, 2.05) is 40.1 Å². The Kier molecular flexibility index (Phi) is 12.7. The minimum Gasteiger partial charge on any atom is -0.443 e. The number of ether oxygens (including phenoxy) is 2. The molecule has 2 saturated heterocycles. The summed E-state index contributed by atoms with van der Waals surface area (Å²) in [6.45, 7) is 9.16. The molecular formula is C33H40N6O10. The van der Waals surface area contributed by atoms with Gasteiger partial charge >= 0.3 is 12.2 Å². The summed E-state index contributed by atoms with van der Waals surface area (Å²) in [4.78, 5) is 59.7. The summed E-state index contributed by atoms with van der Waals surface area (Å²) < 4.78 is 10.6. The first-order valence-electron chi connectivity index (χ1n) is 15.6. The number of anilines is 2. The maximum absolute atomic E-state index is 12.2. The van der Waals surface area contributed by atoms with Crippen molar-refractivity contribution in [1.29, 1.82) is 0 Å². The van der Waals surface area contributed by atoms with E-state index in [1.165, 1.54) is 34.4 Å². The number of hydrogen-bond donors (Lipinski definition) is 0. The van der Waals surface area contributed by atoms with E-state index in [2.05, 4.69) is 0 Å². The van der Waals surface area contributed by atoms with Gasteiger partial charge in [0.05, 0.1) is 36.1 Å². The fraction of sp³-hybridized carbons (Fsp3) is 0.394. The summed E-state index contributed by atoms with van der Waals surface area (Å²) in [6, 6.07) is 22.1.